The van der Waals surface area contributed by atoms with Crippen molar-refractivity contribution < 1.29 is 9.90 Å². The van der Waals surface area contributed by atoms with Gasteiger partial charge >= 0.3 is 5.97 Å². The van der Waals surface area contributed by atoms with Crippen LogP contribution in [-0.4, -0.2) is 11.1 Å². The summed E-state index contributed by atoms with van der Waals surface area (Å²) in [6.45, 7) is 10.9. The monoisotopic (exact) mass is 262 g/mol. The van der Waals surface area contributed by atoms with E-state index < -0.39 is 5.97 Å². The Kier molecular flexibility index (Phi) is 5.16. The van der Waals surface area contributed by atoms with Gasteiger partial charge in [0.2, 0.25) is 0 Å². The lowest BCUT2D eigenvalue weighted by Crippen LogP contribution is -2.33. The Morgan fingerprint density at radius 2 is 2.05 bits per heavy atom. The number of hydrogen-bond acceptors (Lipinski definition) is 1. The quantitative estimate of drug-likeness (QED) is 0.743. The van der Waals surface area contributed by atoms with E-state index in [-0.39, 0.29) is 11.3 Å². The number of allylic oxidation sites excluding steroid dienone is 5. The van der Waals surface area contributed by atoms with Gasteiger partial charge in [-0.1, -0.05) is 58.9 Å². The van der Waals surface area contributed by atoms with Crippen LogP contribution in [0.25, 0.3) is 0 Å². The summed E-state index contributed by atoms with van der Waals surface area (Å²) < 4.78 is 0. The molecule has 0 aliphatic heterocycles. The summed E-state index contributed by atoms with van der Waals surface area (Å²) in [6.07, 6.45) is 10.9. The molecule has 1 rings (SSSR count). The van der Waals surface area contributed by atoms with E-state index in [1.165, 1.54) is 11.6 Å². The van der Waals surface area contributed by atoms with Gasteiger partial charge in [-0.2, -0.15) is 0 Å². The fourth-order valence-corrected chi connectivity index (χ4v) is 2.93. The number of aliphatic carboxylic acids is 1. The van der Waals surface area contributed by atoms with Crippen molar-refractivity contribution in [1.82, 2.24) is 0 Å². The van der Waals surface area contributed by atoms with Gasteiger partial charge in [-0.3, -0.25) is 0 Å². The molecule has 0 heterocycles. The van der Waals surface area contributed by atoms with Crippen LogP contribution in [0.3, 0.4) is 0 Å². The van der Waals surface area contributed by atoms with Crippen LogP contribution in [-0.2, 0) is 4.79 Å². The summed E-state index contributed by atoms with van der Waals surface area (Å²) in [4.78, 5) is 10.8. The van der Waals surface area contributed by atoms with Crippen molar-refractivity contribution >= 4 is 5.97 Å². The lowest BCUT2D eigenvalue weighted by Gasteiger charge is -2.41. The normalized spacial score (nSPS) is 27.3. The van der Waals surface area contributed by atoms with Gasteiger partial charge in [0.25, 0.3) is 0 Å². The smallest absolute Gasteiger partial charge is 0.327 e. The SMILES string of the molecule is CCC1(C(C)C)C=CC(C(C)C)=CC1/C=C/C(=O)O. The highest BCUT2D eigenvalue weighted by atomic mass is 16.4. The van der Waals surface area contributed by atoms with Crippen molar-refractivity contribution in [3.8, 4) is 0 Å². The standard InChI is InChI=1S/C17H26O2/c1-6-17(13(4)5)10-9-14(12(2)3)11-15(17)7-8-16(18)19/h7-13,15H,6H2,1-5H3,(H,18,19)/b8-7+. The molecule has 2 atom stereocenters. The molecular formula is C17H26O2. The average Bonchev–Trinajstić information content (AvgIpc) is 2.35. The first-order chi connectivity index (χ1) is 8.83. The van der Waals surface area contributed by atoms with E-state index in [2.05, 4.69) is 52.8 Å². The Morgan fingerprint density at radius 1 is 1.42 bits per heavy atom. The van der Waals surface area contributed by atoms with Gasteiger partial charge in [0.1, 0.15) is 0 Å². The Balaban J connectivity index is 3.19. The van der Waals surface area contributed by atoms with Crippen LogP contribution < -0.4 is 0 Å². The lowest BCUT2D eigenvalue weighted by molar-refractivity contribution is -0.131. The maximum atomic E-state index is 10.8. The lowest BCUT2D eigenvalue weighted by atomic mass is 9.62. The molecule has 0 radical (unpaired) electrons. The van der Waals surface area contributed by atoms with Gasteiger partial charge in [-0.05, 0) is 23.8 Å². The summed E-state index contributed by atoms with van der Waals surface area (Å²) in [5.41, 5.74) is 1.33. The van der Waals surface area contributed by atoms with Crippen molar-refractivity contribution in [3.63, 3.8) is 0 Å². The molecule has 0 saturated carbocycles. The first-order valence-corrected chi connectivity index (χ1v) is 7.15. The fourth-order valence-electron chi connectivity index (χ4n) is 2.93. The van der Waals surface area contributed by atoms with Gasteiger partial charge in [0, 0.05) is 17.4 Å². The van der Waals surface area contributed by atoms with Gasteiger partial charge in [-0.25, -0.2) is 4.79 Å². The van der Waals surface area contributed by atoms with Crippen molar-refractivity contribution in [1.29, 1.82) is 0 Å². The Hall–Kier alpha value is -1.31. The minimum absolute atomic E-state index is 0.0321. The maximum absolute atomic E-state index is 10.8. The fraction of sp³-hybridized carbons (Fsp3) is 0.588. The zero-order chi connectivity index (χ0) is 14.6. The number of hydrogen-bond donors (Lipinski definition) is 1. The van der Waals surface area contributed by atoms with E-state index in [1.807, 2.05) is 6.08 Å². The molecule has 0 aromatic heterocycles. The van der Waals surface area contributed by atoms with Crippen LogP contribution in [0.1, 0.15) is 41.0 Å². The number of carboxylic acid groups (broad SMARTS) is 1. The van der Waals surface area contributed by atoms with Crippen LogP contribution in [0.4, 0.5) is 0 Å². The summed E-state index contributed by atoms with van der Waals surface area (Å²) in [5.74, 6) is 0.236. The van der Waals surface area contributed by atoms with E-state index >= 15 is 0 Å². The minimum atomic E-state index is -0.872. The Bertz CT molecular complexity index is 413. The highest BCUT2D eigenvalue weighted by molar-refractivity contribution is 5.79. The third-order valence-corrected chi connectivity index (χ3v) is 4.38. The van der Waals surface area contributed by atoms with E-state index in [4.69, 9.17) is 5.11 Å². The molecule has 0 spiro atoms. The average molecular weight is 262 g/mol. The second-order valence-corrected chi connectivity index (χ2v) is 6.00. The first kappa shape index (κ1) is 15.7. The van der Waals surface area contributed by atoms with Crippen LogP contribution in [0.15, 0.2) is 36.0 Å². The van der Waals surface area contributed by atoms with Crippen LogP contribution in [0.2, 0.25) is 0 Å². The first-order valence-electron chi connectivity index (χ1n) is 7.15. The van der Waals surface area contributed by atoms with Crippen molar-refractivity contribution in [2.24, 2.45) is 23.2 Å². The second kappa shape index (κ2) is 6.23. The molecule has 1 aliphatic carbocycles. The third kappa shape index (κ3) is 3.37. The molecule has 19 heavy (non-hydrogen) atoms. The molecular weight excluding hydrogens is 236 g/mol. The number of rotatable bonds is 5. The number of carboxylic acids is 1. The molecule has 0 fully saturated rings. The van der Waals surface area contributed by atoms with Crippen molar-refractivity contribution in [2.75, 3.05) is 0 Å². The van der Waals surface area contributed by atoms with E-state index in [0.717, 1.165) is 6.42 Å². The predicted octanol–water partition coefficient (Wildman–Crippen LogP) is 4.45. The van der Waals surface area contributed by atoms with Crippen LogP contribution >= 0.6 is 0 Å². The van der Waals surface area contributed by atoms with E-state index in [9.17, 15) is 4.79 Å². The van der Waals surface area contributed by atoms with E-state index in [0.29, 0.717) is 11.8 Å². The van der Waals surface area contributed by atoms with Crippen molar-refractivity contribution in [3.05, 3.63) is 36.0 Å². The van der Waals surface area contributed by atoms with Gasteiger partial charge in [0.15, 0.2) is 0 Å². The molecule has 2 nitrogen and oxygen atoms in total. The van der Waals surface area contributed by atoms with Crippen LogP contribution in [0.5, 0.6) is 0 Å². The molecule has 0 aromatic rings. The molecule has 0 bridgehead atoms. The van der Waals surface area contributed by atoms with Crippen LogP contribution in [0, 0.1) is 23.2 Å². The predicted molar refractivity (Wildman–Crippen MR) is 79.9 cm³/mol. The summed E-state index contributed by atoms with van der Waals surface area (Å²) in [5, 5.41) is 8.88. The Morgan fingerprint density at radius 3 is 2.47 bits per heavy atom. The molecule has 2 unspecified atom stereocenters. The van der Waals surface area contributed by atoms with E-state index in [1.54, 1.807) is 0 Å². The molecule has 0 aromatic carbocycles. The summed E-state index contributed by atoms with van der Waals surface area (Å²) >= 11 is 0. The maximum Gasteiger partial charge on any atom is 0.327 e. The summed E-state index contributed by atoms with van der Waals surface area (Å²) in [7, 11) is 0. The molecule has 2 heteroatoms. The van der Waals surface area contributed by atoms with Gasteiger partial charge in [-0.15, -0.1) is 0 Å². The molecule has 0 amide bonds. The summed E-state index contributed by atoms with van der Waals surface area (Å²) in [6, 6.07) is 0. The highest BCUT2D eigenvalue weighted by Crippen LogP contribution is 2.46. The second-order valence-electron chi connectivity index (χ2n) is 6.00. The number of carbonyl (C=O) groups is 1. The zero-order valence-electron chi connectivity index (χ0n) is 12.7. The molecule has 106 valence electrons. The zero-order valence-corrected chi connectivity index (χ0v) is 12.7. The van der Waals surface area contributed by atoms with Crippen molar-refractivity contribution in [2.45, 2.75) is 41.0 Å². The third-order valence-electron chi connectivity index (χ3n) is 4.38. The minimum Gasteiger partial charge on any atom is -0.478 e. The highest BCUT2D eigenvalue weighted by Gasteiger charge is 2.37. The van der Waals surface area contributed by atoms with Gasteiger partial charge < -0.3 is 5.11 Å². The van der Waals surface area contributed by atoms with Gasteiger partial charge in [0.05, 0.1) is 0 Å². The Labute approximate surface area is 116 Å². The molecule has 1 aliphatic rings. The largest absolute Gasteiger partial charge is 0.478 e. The molecule has 0 saturated heterocycles. The molecule has 1 N–H and O–H groups in total. The topological polar surface area (TPSA) is 37.3 Å².